The number of anilines is 2. The number of hydrogen-bond acceptors (Lipinski definition) is 7. The molecule has 0 unspecified atom stereocenters. The number of hydrogen-bond donors (Lipinski definition) is 1. The fourth-order valence-corrected chi connectivity index (χ4v) is 4.13. The molecule has 1 saturated heterocycles. The van der Waals surface area contributed by atoms with Crippen molar-refractivity contribution in [3.63, 3.8) is 0 Å². The van der Waals surface area contributed by atoms with Gasteiger partial charge in [-0.05, 0) is 75.1 Å². The molecule has 0 spiro atoms. The van der Waals surface area contributed by atoms with Gasteiger partial charge in [0.05, 0.1) is 12.8 Å². The summed E-state index contributed by atoms with van der Waals surface area (Å²) in [6.45, 7) is 3.73. The Morgan fingerprint density at radius 3 is 2.53 bits per heavy atom. The van der Waals surface area contributed by atoms with Gasteiger partial charge in [0.1, 0.15) is 0 Å². The van der Waals surface area contributed by atoms with E-state index < -0.39 is 0 Å². The summed E-state index contributed by atoms with van der Waals surface area (Å²) in [5, 5.41) is 7.96. The van der Waals surface area contributed by atoms with E-state index in [1.165, 1.54) is 44.5 Å². The van der Waals surface area contributed by atoms with Gasteiger partial charge in [-0.15, -0.1) is 5.10 Å². The van der Waals surface area contributed by atoms with E-state index in [0.29, 0.717) is 12.0 Å². The SMILES string of the molecule is COc1ncc(-c2cccc3nc(Nc4ccc(CCCN5CCCC5)cc4)nn23)cn1. The molecule has 0 radical (unpaired) electrons. The summed E-state index contributed by atoms with van der Waals surface area (Å²) in [7, 11) is 1.55. The van der Waals surface area contributed by atoms with E-state index in [2.05, 4.69) is 54.5 Å². The highest BCUT2D eigenvalue weighted by molar-refractivity contribution is 5.63. The van der Waals surface area contributed by atoms with E-state index in [0.717, 1.165) is 29.0 Å². The maximum atomic E-state index is 5.05. The Balaban J connectivity index is 1.26. The van der Waals surface area contributed by atoms with Gasteiger partial charge in [-0.3, -0.25) is 0 Å². The Morgan fingerprint density at radius 2 is 1.78 bits per heavy atom. The van der Waals surface area contributed by atoms with Crippen LogP contribution in [0.25, 0.3) is 16.9 Å². The van der Waals surface area contributed by atoms with Crippen molar-refractivity contribution in [3.05, 3.63) is 60.4 Å². The van der Waals surface area contributed by atoms with E-state index in [1.807, 2.05) is 18.2 Å². The number of ether oxygens (including phenoxy) is 1. The highest BCUT2D eigenvalue weighted by atomic mass is 16.5. The number of pyridine rings is 1. The van der Waals surface area contributed by atoms with Crippen LogP contribution in [-0.4, -0.2) is 56.2 Å². The largest absolute Gasteiger partial charge is 0.467 e. The molecule has 4 aromatic rings. The molecule has 4 heterocycles. The number of aryl methyl sites for hydroxylation is 1. The molecular formula is C24H27N7O. The number of methoxy groups -OCH3 is 1. The molecule has 8 heteroatoms. The molecule has 0 atom stereocenters. The van der Waals surface area contributed by atoms with E-state index in [1.54, 1.807) is 24.0 Å². The van der Waals surface area contributed by atoms with Crippen molar-refractivity contribution in [1.82, 2.24) is 29.5 Å². The third kappa shape index (κ3) is 4.55. The smallest absolute Gasteiger partial charge is 0.316 e. The second-order valence-corrected chi connectivity index (χ2v) is 8.05. The third-order valence-electron chi connectivity index (χ3n) is 5.81. The maximum absolute atomic E-state index is 5.05. The average molecular weight is 430 g/mol. The molecule has 0 bridgehead atoms. The topological polar surface area (TPSA) is 80.5 Å². The minimum absolute atomic E-state index is 0.335. The minimum Gasteiger partial charge on any atom is -0.467 e. The van der Waals surface area contributed by atoms with Gasteiger partial charge in [-0.1, -0.05) is 18.2 Å². The van der Waals surface area contributed by atoms with Gasteiger partial charge in [0, 0.05) is 23.6 Å². The molecule has 164 valence electrons. The monoisotopic (exact) mass is 429 g/mol. The Morgan fingerprint density at radius 1 is 1.00 bits per heavy atom. The Bertz CT molecular complexity index is 1170. The first kappa shape index (κ1) is 20.4. The van der Waals surface area contributed by atoms with Crippen molar-refractivity contribution in [3.8, 4) is 17.3 Å². The Labute approximate surface area is 187 Å². The fourth-order valence-electron chi connectivity index (χ4n) is 4.13. The van der Waals surface area contributed by atoms with Crippen molar-refractivity contribution in [2.45, 2.75) is 25.7 Å². The molecule has 1 N–H and O–H groups in total. The molecule has 0 amide bonds. The number of benzene rings is 1. The number of aromatic nitrogens is 5. The van der Waals surface area contributed by atoms with Gasteiger partial charge < -0.3 is 15.0 Å². The van der Waals surface area contributed by atoms with Crippen molar-refractivity contribution in [1.29, 1.82) is 0 Å². The van der Waals surface area contributed by atoms with Gasteiger partial charge >= 0.3 is 6.01 Å². The fraction of sp³-hybridized carbons (Fsp3) is 0.333. The van der Waals surface area contributed by atoms with Gasteiger partial charge in [-0.2, -0.15) is 4.98 Å². The van der Waals surface area contributed by atoms with Crippen molar-refractivity contribution < 1.29 is 4.74 Å². The van der Waals surface area contributed by atoms with Crippen LogP contribution in [0.5, 0.6) is 6.01 Å². The molecular weight excluding hydrogens is 402 g/mol. The molecule has 32 heavy (non-hydrogen) atoms. The van der Waals surface area contributed by atoms with E-state index in [4.69, 9.17) is 4.74 Å². The lowest BCUT2D eigenvalue weighted by molar-refractivity contribution is 0.334. The van der Waals surface area contributed by atoms with Crippen LogP contribution in [0, 0.1) is 0 Å². The molecule has 1 aliphatic rings. The second-order valence-electron chi connectivity index (χ2n) is 8.05. The van der Waals surface area contributed by atoms with Gasteiger partial charge in [0.25, 0.3) is 0 Å². The third-order valence-corrected chi connectivity index (χ3v) is 5.81. The molecule has 1 fully saturated rings. The van der Waals surface area contributed by atoms with Crippen LogP contribution in [0.2, 0.25) is 0 Å². The summed E-state index contributed by atoms with van der Waals surface area (Å²) in [6, 6.07) is 14.7. The van der Waals surface area contributed by atoms with Gasteiger partial charge in [0.2, 0.25) is 5.95 Å². The normalized spacial score (nSPS) is 14.2. The predicted octanol–water partition coefficient (Wildman–Crippen LogP) is 3.97. The summed E-state index contributed by atoms with van der Waals surface area (Å²) in [6.07, 6.45) is 8.46. The standard InChI is InChI=1S/C24H27N7O/c1-32-24-25-16-19(17-26-24)21-7-4-8-22-28-23(29-31(21)22)27-20-11-9-18(10-12-20)6-5-15-30-13-2-3-14-30/h4,7-12,16-17H,2-3,5-6,13-15H2,1H3,(H,27,29). The number of nitrogens with zero attached hydrogens (tertiary/aromatic N) is 6. The first-order chi connectivity index (χ1) is 15.8. The lowest BCUT2D eigenvalue weighted by Crippen LogP contribution is -2.20. The zero-order valence-electron chi connectivity index (χ0n) is 18.2. The van der Waals surface area contributed by atoms with Gasteiger partial charge in [0.15, 0.2) is 5.65 Å². The first-order valence-electron chi connectivity index (χ1n) is 11.1. The number of likely N-dealkylation sites (tertiary alicyclic amines) is 1. The van der Waals surface area contributed by atoms with Crippen molar-refractivity contribution in [2.24, 2.45) is 0 Å². The second kappa shape index (κ2) is 9.32. The zero-order valence-corrected chi connectivity index (χ0v) is 18.2. The molecule has 0 aliphatic carbocycles. The Hall–Kier alpha value is -3.52. The van der Waals surface area contributed by atoms with Crippen molar-refractivity contribution in [2.75, 3.05) is 32.1 Å². The van der Waals surface area contributed by atoms with Crippen LogP contribution < -0.4 is 10.1 Å². The van der Waals surface area contributed by atoms with Crippen molar-refractivity contribution >= 4 is 17.3 Å². The highest BCUT2D eigenvalue weighted by Crippen LogP contribution is 2.22. The molecule has 8 nitrogen and oxygen atoms in total. The van der Waals surface area contributed by atoms with E-state index in [-0.39, 0.29) is 0 Å². The van der Waals surface area contributed by atoms with Crippen LogP contribution >= 0.6 is 0 Å². The molecule has 1 aromatic carbocycles. The van der Waals surface area contributed by atoms with E-state index >= 15 is 0 Å². The lowest BCUT2D eigenvalue weighted by atomic mass is 10.1. The summed E-state index contributed by atoms with van der Waals surface area (Å²) >= 11 is 0. The quantitative estimate of drug-likeness (QED) is 0.454. The lowest BCUT2D eigenvalue weighted by Gasteiger charge is -2.14. The zero-order chi connectivity index (χ0) is 21.8. The Kier molecular flexibility index (Phi) is 5.93. The molecule has 5 rings (SSSR count). The summed E-state index contributed by atoms with van der Waals surface area (Å²) in [5.41, 5.74) is 4.78. The molecule has 0 saturated carbocycles. The maximum Gasteiger partial charge on any atom is 0.316 e. The van der Waals surface area contributed by atoms with Crippen LogP contribution in [-0.2, 0) is 6.42 Å². The number of nitrogens with one attached hydrogen (secondary N) is 1. The number of fused-ring (bicyclic) bond motifs is 1. The van der Waals surface area contributed by atoms with Crippen LogP contribution in [0.4, 0.5) is 11.6 Å². The van der Waals surface area contributed by atoms with Crippen LogP contribution in [0.15, 0.2) is 54.9 Å². The summed E-state index contributed by atoms with van der Waals surface area (Å²) < 4.78 is 6.84. The van der Waals surface area contributed by atoms with E-state index in [9.17, 15) is 0 Å². The number of rotatable bonds is 8. The van der Waals surface area contributed by atoms with Gasteiger partial charge in [-0.25, -0.2) is 14.5 Å². The van der Waals surface area contributed by atoms with Crippen LogP contribution in [0.3, 0.4) is 0 Å². The minimum atomic E-state index is 0.335. The van der Waals surface area contributed by atoms with Crippen LogP contribution in [0.1, 0.15) is 24.8 Å². The first-order valence-corrected chi connectivity index (χ1v) is 11.1. The highest BCUT2D eigenvalue weighted by Gasteiger charge is 2.12. The molecule has 1 aliphatic heterocycles. The summed E-state index contributed by atoms with van der Waals surface area (Å²) in [5.74, 6) is 0.550. The molecule has 3 aromatic heterocycles. The predicted molar refractivity (Wildman–Crippen MR) is 124 cm³/mol. The average Bonchev–Trinajstić information content (AvgIpc) is 3.49. The summed E-state index contributed by atoms with van der Waals surface area (Å²) in [4.78, 5) is 15.6.